The number of nitrogens with zero attached hydrogens (tertiary/aromatic N) is 2. The van der Waals surface area contributed by atoms with Crippen molar-refractivity contribution in [3.8, 4) is 0 Å². The van der Waals surface area contributed by atoms with E-state index in [1.165, 1.54) is 23.9 Å². The molecule has 1 unspecified atom stereocenters. The van der Waals surface area contributed by atoms with E-state index in [9.17, 15) is 19.7 Å². The van der Waals surface area contributed by atoms with Gasteiger partial charge in [0.15, 0.2) is 5.78 Å². The van der Waals surface area contributed by atoms with E-state index in [1.807, 2.05) is 19.1 Å². The van der Waals surface area contributed by atoms with Crippen LogP contribution in [0.15, 0.2) is 47.5 Å². The van der Waals surface area contributed by atoms with Crippen molar-refractivity contribution in [2.75, 3.05) is 6.61 Å². The SMILES string of the molecule is CCOC(=O)c1c2c(n3ccc(C)cc13)C(=O)C(c1ccc([N+](=O)[O-])cc1)S2. The first-order chi connectivity index (χ1) is 13.4. The Morgan fingerprint density at radius 2 is 2.00 bits per heavy atom. The Hall–Kier alpha value is -3.13. The summed E-state index contributed by atoms with van der Waals surface area (Å²) >= 11 is 1.28. The largest absolute Gasteiger partial charge is 0.462 e. The molecule has 142 valence electrons. The molecule has 1 atom stereocenters. The Labute approximate surface area is 164 Å². The molecule has 28 heavy (non-hydrogen) atoms. The predicted molar refractivity (Wildman–Crippen MR) is 104 cm³/mol. The van der Waals surface area contributed by atoms with Crippen LogP contribution in [0, 0.1) is 17.0 Å². The van der Waals surface area contributed by atoms with Gasteiger partial charge in [-0.1, -0.05) is 12.1 Å². The fraction of sp³-hybridized carbons (Fsp3) is 0.200. The lowest BCUT2D eigenvalue weighted by molar-refractivity contribution is -0.384. The van der Waals surface area contributed by atoms with Crippen LogP contribution in [0.2, 0.25) is 0 Å². The summed E-state index contributed by atoms with van der Waals surface area (Å²) in [6, 6.07) is 9.67. The van der Waals surface area contributed by atoms with Crippen molar-refractivity contribution in [2.45, 2.75) is 24.0 Å². The number of hydrogen-bond acceptors (Lipinski definition) is 6. The molecule has 0 aliphatic carbocycles. The second-order valence-corrected chi connectivity index (χ2v) is 7.56. The van der Waals surface area contributed by atoms with Gasteiger partial charge in [0.2, 0.25) is 0 Å². The Morgan fingerprint density at radius 1 is 1.29 bits per heavy atom. The number of non-ortho nitro benzene ring substituents is 1. The molecule has 1 aliphatic rings. The number of rotatable bonds is 4. The van der Waals surface area contributed by atoms with Crippen molar-refractivity contribution in [1.82, 2.24) is 4.40 Å². The lowest BCUT2D eigenvalue weighted by Gasteiger charge is -2.10. The molecule has 0 spiro atoms. The molecule has 0 radical (unpaired) electrons. The fourth-order valence-electron chi connectivity index (χ4n) is 3.37. The number of fused-ring (bicyclic) bond motifs is 3. The molecule has 8 heteroatoms. The van der Waals surface area contributed by atoms with E-state index >= 15 is 0 Å². The number of ether oxygens (including phenoxy) is 1. The molecule has 0 bridgehead atoms. The second-order valence-electron chi connectivity index (χ2n) is 6.44. The maximum absolute atomic E-state index is 13.2. The van der Waals surface area contributed by atoms with E-state index in [2.05, 4.69) is 0 Å². The van der Waals surface area contributed by atoms with Crippen LogP contribution >= 0.6 is 11.8 Å². The highest BCUT2D eigenvalue weighted by molar-refractivity contribution is 8.01. The molecule has 0 saturated carbocycles. The average Bonchev–Trinajstić information content (AvgIpc) is 3.16. The van der Waals surface area contributed by atoms with Crippen LogP contribution in [0.1, 0.15) is 44.1 Å². The molecule has 0 N–H and O–H groups in total. The second kappa shape index (κ2) is 6.79. The van der Waals surface area contributed by atoms with E-state index in [0.29, 0.717) is 27.2 Å². The topological polar surface area (TPSA) is 90.9 Å². The third kappa shape index (κ3) is 2.77. The lowest BCUT2D eigenvalue weighted by atomic mass is 10.1. The van der Waals surface area contributed by atoms with Crippen LogP contribution in [0.4, 0.5) is 5.69 Å². The van der Waals surface area contributed by atoms with Gasteiger partial charge in [-0.05, 0) is 37.1 Å². The molecule has 2 aromatic heterocycles. The summed E-state index contributed by atoms with van der Waals surface area (Å²) in [5.74, 6) is -0.597. The van der Waals surface area contributed by atoms with Gasteiger partial charge in [0.25, 0.3) is 5.69 Å². The Bertz CT molecular complexity index is 1130. The van der Waals surface area contributed by atoms with E-state index in [1.54, 1.807) is 29.7 Å². The molecule has 0 saturated heterocycles. The number of ketones is 1. The first kappa shape index (κ1) is 18.2. The number of pyridine rings is 1. The molecule has 3 heterocycles. The number of aryl methyl sites for hydroxylation is 1. The van der Waals surface area contributed by atoms with E-state index in [0.717, 1.165) is 5.56 Å². The molecule has 0 amide bonds. The number of carbonyl (C=O) groups excluding carboxylic acids is 2. The summed E-state index contributed by atoms with van der Waals surface area (Å²) in [5.41, 5.74) is 3.08. The normalized spacial score (nSPS) is 15.6. The minimum atomic E-state index is -0.558. The third-order valence-corrected chi connectivity index (χ3v) is 6.00. The van der Waals surface area contributed by atoms with Gasteiger partial charge in [0.05, 0.1) is 32.8 Å². The minimum absolute atomic E-state index is 0.0336. The van der Waals surface area contributed by atoms with Crippen molar-refractivity contribution in [3.05, 3.63) is 75.1 Å². The summed E-state index contributed by atoms with van der Waals surface area (Å²) in [5, 5.41) is 10.3. The molecule has 0 fully saturated rings. The van der Waals surface area contributed by atoms with Gasteiger partial charge in [-0.2, -0.15) is 0 Å². The molecule has 1 aromatic carbocycles. The van der Waals surface area contributed by atoms with Crippen LogP contribution in [-0.2, 0) is 4.74 Å². The summed E-state index contributed by atoms with van der Waals surface area (Å²) in [6.07, 6.45) is 1.78. The van der Waals surface area contributed by atoms with Crippen molar-refractivity contribution in [3.63, 3.8) is 0 Å². The Morgan fingerprint density at radius 3 is 2.64 bits per heavy atom. The van der Waals surface area contributed by atoms with E-state index in [-0.39, 0.29) is 18.1 Å². The zero-order valence-electron chi connectivity index (χ0n) is 15.2. The molecule has 3 aromatic rings. The van der Waals surface area contributed by atoms with Crippen molar-refractivity contribution in [2.24, 2.45) is 0 Å². The third-order valence-electron chi connectivity index (χ3n) is 4.64. The van der Waals surface area contributed by atoms with Gasteiger partial charge in [0.1, 0.15) is 5.69 Å². The average molecular weight is 396 g/mol. The highest BCUT2D eigenvalue weighted by atomic mass is 32.2. The summed E-state index contributed by atoms with van der Waals surface area (Å²) < 4.78 is 6.96. The standard InChI is InChI=1S/C20H16N2O5S/c1-3-27-20(24)15-14-10-11(2)8-9-21(14)16-17(23)18(28-19(15)16)12-4-6-13(7-5-12)22(25)26/h4-10,18H,3H2,1-2H3. The van der Waals surface area contributed by atoms with Crippen LogP contribution < -0.4 is 0 Å². The van der Waals surface area contributed by atoms with Gasteiger partial charge in [0, 0.05) is 18.3 Å². The maximum Gasteiger partial charge on any atom is 0.341 e. The number of nitro benzene ring substituents is 1. The highest BCUT2D eigenvalue weighted by Crippen LogP contribution is 2.50. The van der Waals surface area contributed by atoms with Crippen molar-refractivity contribution in [1.29, 1.82) is 0 Å². The number of thioether (sulfide) groups is 1. The van der Waals surface area contributed by atoms with Crippen LogP contribution in [0.3, 0.4) is 0 Å². The van der Waals surface area contributed by atoms with Crippen LogP contribution in [0.5, 0.6) is 0 Å². The van der Waals surface area contributed by atoms with Gasteiger partial charge in [-0.25, -0.2) is 4.79 Å². The highest BCUT2D eigenvalue weighted by Gasteiger charge is 2.40. The predicted octanol–water partition coefficient (Wildman–Crippen LogP) is 4.36. The molecule has 1 aliphatic heterocycles. The van der Waals surface area contributed by atoms with Gasteiger partial charge in [-0.15, -0.1) is 11.8 Å². The maximum atomic E-state index is 13.2. The molecule has 7 nitrogen and oxygen atoms in total. The number of carbonyl (C=O) groups is 2. The number of esters is 1. The molecular formula is C20H16N2O5S. The zero-order chi connectivity index (χ0) is 20.0. The monoisotopic (exact) mass is 396 g/mol. The summed E-state index contributed by atoms with van der Waals surface area (Å²) in [6.45, 7) is 3.89. The van der Waals surface area contributed by atoms with E-state index in [4.69, 9.17) is 4.74 Å². The number of nitro groups is 1. The smallest absolute Gasteiger partial charge is 0.341 e. The van der Waals surface area contributed by atoms with Crippen LogP contribution in [0.25, 0.3) is 5.52 Å². The van der Waals surface area contributed by atoms with Crippen molar-refractivity contribution >= 4 is 34.7 Å². The first-order valence-corrected chi connectivity index (χ1v) is 9.57. The quantitative estimate of drug-likeness (QED) is 0.370. The number of hydrogen-bond donors (Lipinski definition) is 0. The minimum Gasteiger partial charge on any atom is -0.462 e. The van der Waals surface area contributed by atoms with Crippen LogP contribution in [-0.4, -0.2) is 27.7 Å². The van der Waals surface area contributed by atoms with Gasteiger partial charge >= 0.3 is 5.97 Å². The molecule has 4 rings (SSSR count). The summed E-state index contributed by atoms with van der Waals surface area (Å²) in [4.78, 5) is 36.8. The number of Topliss-reactive ketones (excluding diaryl/α,β-unsaturated/α-hetero) is 1. The Kier molecular flexibility index (Phi) is 4.43. The van der Waals surface area contributed by atoms with Gasteiger partial charge < -0.3 is 9.14 Å². The lowest BCUT2D eigenvalue weighted by Crippen LogP contribution is -2.08. The number of aromatic nitrogens is 1. The zero-order valence-corrected chi connectivity index (χ0v) is 16.0. The fourth-order valence-corrected chi connectivity index (χ4v) is 4.73. The Balaban J connectivity index is 1.83. The van der Waals surface area contributed by atoms with Gasteiger partial charge in [-0.3, -0.25) is 14.9 Å². The summed E-state index contributed by atoms with van der Waals surface area (Å²) in [7, 11) is 0. The van der Waals surface area contributed by atoms with E-state index < -0.39 is 16.1 Å². The van der Waals surface area contributed by atoms with Crippen molar-refractivity contribution < 1.29 is 19.2 Å². The first-order valence-electron chi connectivity index (χ1n) is 8.69. The number of benzene rings is 1. The molecular weight excluding hydrogens is 380 g/mol.